The molecule has 1 aromatic heterocycles. The first kappa shape index (κ1) is 14.4. The number of nitrogens with two attached hydrogens (primary N) is 1. The fraction of sp³-hybridized carbons (Fsp3) is 0.286. The summed E-state index contributed by atoms with van der Waals surface area (Å²) < 4.78 is 5.12. The number of nitrogen functional groups attached to an aromatic ring is 1. The van der Waals surface area contributed by atoms with E-state index >= 15 is 0 Å². The lowest BCUT2D eigenvalue weighted by molar-refractivity contribution is 0.414. The van der Waals surface area contributed by atoms with Crippen LogP contribution in [0, 0.1) is 0 Å². The topological polar surface area (TPSA) is 73.1 Å². The Morgan fingerprint density at radius 2 is 2.00 bits per heavy atom. The minimum Gasteiger partial charge on any atom is -0.497 e. The molecule has 0 aliphatic heterocycles. The lowest BCUT2D eigenvalue weighted by Gasteiger charge is -2.07. The van der Waals surface area contributed by atoms with Crippen molar-refractivity contribution in [2.45, 2.75) is 12.8 Å². The summed E-state index contributed by atoms with van der Waals surface area (Å²) in [5.74, 6) is 1.70. The summed E-state index contributed by atoms with van der Waals surface area (Å²) in [4.78, 5) is 7.86. The number of anilines is 2. The molecular weight excluding hydrogens is 276 g/mol. The third-order valence-corrected chi connectivity index (χ3v) is 3.01. The number of ether oxygens (including phenoxy) is 1. The number of methoxy groups -OCH3 is 1. The summed E-state index contributed by atoms with van der Waals surface area (Å²) in [7, 11) is 1.66. The first-order chi connectivity index (χ1) is 9.67. The highest BCUT2D eigenvalue weighted by atomic mass is 35.5. The van der Waals surface area contributed by atoms with Crippen molar-refractivity contribution in [1.29, 1.82) is 0 Å². The fourth-order valence-corrected chi connectivity index (χ4v) is 2.02. The minimum absolute atomic E-state index is 0.176. The van der Waals surface area contributed by atoms with Gasteiger partial charge in [0.2, 0.25) is 5.95 Å². The molecule has 0 saturated heterocycles. The summed E-state index contributed by atoms with van der Waals surface area (Å²) in [6, 6.07) is 9.73. The van der Waals surface area contributed by atoms with Crippen molar-refractivity contribution in [3.05, 3.63) is 41.0 Å². The zero-order valence-corrected chi connectivity index (χ0v) is 12.0. The first-order valence-corrected chi connectivity index (χ1v) is 6.72. The van der Waals surface area contributed by atoms with Gasteiger partial charge in [-0.3, -0.25) is 0 Å². The number of benzene rings is 1. The maximum absolute atomic E-state index is 5.80. The Hall–Kier alpha value is -2.01. The molecule has 2 aromatic rings. The van der Waals surface area contributed by atoms with E-state index < -0.39 is 0 Å². The molecule has 2 rings (SSSR count). The van der Waals surface area contributed by atoms with Crippen LogP contribution in [0.5, 0.6) is 5.75 Å². The minimum atomic E-state index is 0.176. The van der Waals surface area contributed by atoms with Crippen LogP contribution < -0.4 is 15.8 Å². The predicted octanol–water partition coefficient (Wildman–Crippen LogP) is 2.77. The van der Waals surface area contributed by atoms with Crippen LogP contribution in [0.1, 0.15) is 12.0 Å². The van der Waals surface area contributed by atoms with E-state index in [4.69, 9.17) is 22.1 Å². The van der Waals surface area contributed by atoms with E-state index in [1.54, 1.807) is 13.2 Å². The second-order valence-electron chi connectivity index (χ2n) is 4.31. The molecule has 0 radical (unpaired) electrons. The molecule has 106 valence electrons. The quantitative estimate of drug-likeness (QED) is 0.633. The van der Waals surface area contributed by atoms with Crippen molar-refractivity contribution >= 4 is 23.4 Å². The molecule has 1 heterocycles. The van der Waals surface area contributed by atoms with Crippen LogP contribution in [0.2, 0.25) is 5.15 Å². The SMILES string of the molecule is COc1ccc(CCCNc2cc(Cl)nc(N)n2)cc1. The lowest BCUT2D eigenvalue weighted by atomic mass is 10.1. The zero-order valence-electron chi connectivity index (χ0n) is 11.3. The Bertz CT molecular complexity index is 539. The van der Waals surface area contributed by atoms with Gasteiger partial charge < -0.3 is 15.8 Å². The maximum Gasteiger partial charge on any atom is 0.223 e. The van der Waals surface area contributed by atoms with Crippen molar-refractivity contribution in [2.24, 2.45) is 0 Å². The molecule has 0 atom stereocenters. The van der Waals surface area contributed by atoms with Gasteiger partial charge in [-0.15, -0.1) is 0 Å². The standard InChI is InChI=1S/C14H17ClN4O/c1-20-11-6-4-10(5-7-11)3-2-8-17-13-9-12(15)18-14(16)19-13/h4-7,9H,2-3,8H2,1H3,(H3,16,17,18,19). The molecule has 5 nitrogen and oxygen atoms in total. The zero-order chi connectivity index (χ0) is 14.4. The molecule has 0 unspecified atom stereocenters. The van der Waals surface area contributed by atoms with Crippen LogP contribution >= 0.6 is 11.6 Å². The fourth-order valence-electron chi connectivity index (χ4n) is 1.83. The molecule has 0 bridgehead atoms. The van der Waals surface area contributed by atoms with Crippen molar-refractivity contribution in [3.8, 4) is 5.75 Å². The average molecular weight is 293 g/mol. The van der Waals surface area contributed by atoms with E-state index in [1.165, 1.54) is 5.56 Å². The van der Waals surface area contributed by atoms with Crippen LogP contribution in [0.4, 0.5) is 11.8 Å². The monoisotopic (exact) mass is 292 g/mol. The third-order valence-electron chi connectivity index (χ3n) is 2.82. The van der Waals surface area contributed by atoms with Crippen molar-refractivity contribution in [1.82, 2.24) is 9.97 Å². The summed E-state index contributed by atoms with van der Waals surface area (Å²) in [6.45, 7) is 0.790. The van der Waals surface area contributed by atoms with E-state index in [9.17, 15) is 0 Å². The van der Waals surface area contributed by atoms with Gasteiger partial charge >= 0.3 is 0 Å². The maximum atomic E-state index is 5.80. The lowest BCUT2D eigenvalue weighted by Crippen LogP contribution is -2.06. The van der Waals surface area contributed by atoms with E-state index in [2.05, 4.69) is 27.4 Å². The van der Waals surface area contributed by atoms with Gasteiger partial charge in [-0.2, -0.15) is 4.98 Å². The van der Waals surface area contributed by atoms with Gasteiger partial charge in [-0.25, -0.2) is 4.98 Å². The number of rotatable bonds is 6. The van der Waals surface area contributed by atoms with Crippen LogP contribution in [0.15, 0.2) is 30.3 Å². The number of aryl methyl sites for hydroxylation is 1. The van der Waals surface area contributed by atoms with Crippen molar-refractivity contribution in [3.63, 3.8) is 0 Å². The van der Waals surface area contributed by atoms with E-state index in [-0.39, 0.29) is 5.95 Å². The van der Waals surface area contributed by atoms with Gasteiger partial charge in [-0.1, -0.05) is 23.7 Å². The summed E-state index contributed by atoms with van der Waals surface area (Å²) in [5.41, 5.74) is 6.79. The summed E-state index contributed by atoms with van der Waals surface area (Å²) in [5, 5.41) is 3.52. The van der Waals surface area contributed by atoms with Crippen molar-refractivity contribution in [2.75, 3.05) is 24.7 Å². The van der Waals surface area contributed by atoms with Gasteiger partial charge in [0, 0.05) is 12.6 Å². The van der Waals surface area contributed by atoms with Gasteiger partial charge in [-0.05, 0) is 30.5 Å². The smallest absolute Gasteiger partial charge is 0.223 e. The van der Waals surface area contributed by atoms with E-state index in [0.717, 1.165) is 25.1 Å². The first-order valence-electron chi connectivity index (χ1n) is 6.34. The van der Waals surface area contributed by atoms with E-state index in [0.29, 0.717) is 11.0 Å². The molecule has 0 fully saturated rings. The Labute approximate surface area is 123 Å². The molecule has 20 heavy (non-hydrogen) atoms. The molecule has 1 aromatic carbocycles. The molecule has 0 aliphatic carbocycles. The van der Waals surface area contributed by atoms with Crippen molar-refractivity contribution < 1.29 is 4.74 Å². The normalized spacial score (nSPS) is 10.3. The highest BCUT2D eigenvalue weighted by Gasteiger charge is 2.00. The van der Waals surface area contributed by atoms with Crippen LogP contribution in [0.25, 0.3) is 0 Å². The number of hydrogen-bond acceptors (Lipinski definition) is 5. The Morgan fingerprint density at radius 1 is 1.25 bits per heavy atom. The van der Waals surface area contributed by atoms with Crippen LogP contribution in [-0.2, 0) is 6.42 Å². The summed E-state index contributed by atoms with van der Waals surface area (Å²) >= 11 is 5.80. The van der Waals surface area contributed by atoms with Crippen LogP contribution in [0.3, 0.4) is 0 Å². The molecule has 0 spiro atoms. The second kappa shape index (κ2) is 6.96. The van der Waals surface area contributed by atoms with Crippen LogP contribution in [-0.4, -0.2) is 23.6 Å². The number of nitrogens with zero attached hydrogens (tertiary/aromatic N) is 2. The average Bonchev–Trinajstić information content (AvgIpc) is 2.43. The highest BCUT2D eigenvalue weighted by molar-refractivity contribution is 6.29. The highest BCUT2D eigenvalue weighted by Crippen LogP contribution is 2.14. The Morgan fingerprint density at radius 3 is 2.65 bits per heavy atom. The van der Waals surface area contributed by atoms with E-state index in [1.807, 2.05) is 12.1 Å². The molecule has 3 N–H and O–H groups in total. The molecular formula is C14H17ClN4O. The van der Waals surface area contributed by atoms with Gasteiger partial charge in [0.15, 0.2) is 0 Å². The number of nitrogens with one attached hydrogen (secondary N) is 1. The molecule has 6 heteroatoms. The molecule has 0 saturated carbocycles. The predicted molar refractivity (Wildman–Crippen MR) is 81.3 cm³/mol. The number of aromatic nitrogens is 2. The third kappa shape index (κ3) is 4.28. The number of hydrogen-bond donors (Lipinski definition) is 2. The number of halogens is 1. The van der Waals surface area contributed by atoms with Gasteiger partial charge in [0.25, 0.3) is 0 Å². The Balaban J connectivity index is 1.78. The van der Waals surface area contributed by atoms with Gasteiger partial charge in [0.05, 0.1) is 7.11 Å². The molecule has 0 amide bonds. The van der Waals surface area contributed by atoms with Gasteiger partial charge in [0.1, 0.15) is 16.7 Å². The summed E-state index contributed by atoms with van der Waals surface area (Å²) in [6.07, 6.45) is 1.96. The largest absolute Gasteiger partial charge is 0.497 e. The molecule has 0 aliphatic rings. The Kier molecular flexibility index (Phi) is 5.01. The second-order valence-corrected chi connectivity index (χ2v) is 4.70.